The number of fused-ring (bicyclic) bond motifs is 3. The molecule has 34 heavy (non-hydrogen) atoms. The summed E-state index contributed by atoms with van der Waals surface area (Å²) < 4.78 is 5.57. The third-order valence-electron chi connectivity index (χ3n) is 6.70. The predicted octanol–water partition coefficient (Wildman–Crippen LogP) is 6.24. The molecular weight excluding hydrogens is 444 g/mol. The Morgan fingerprint density at radius 3 is 2.41 bits per heavy atom. The summed E-state index contributed by atoms with van der Waals surface area (Å²) in [7, 11) is 0. The maximum atomic E-state index is 12.9. The Hall–Kier alpha value is -3.12. The van der Waals surface area contributed by atoms with E-state index in [-0.39, 0.29) is 23.5 Å². The van der Waals surface area contributed by atoms with Gasteiger partial charge in [-0.15, -0.1) is 11.3 Å². The van der Waals surface area contributed by atoms with Gasteiger partial charge in [-0.3, -0.25) is 4.79 Å². The number of benzene rings is 2. The number of anilines is 1. The zero-order valence-electron chi connectivity index (χ0n) is 20.0. The summed E-state index contributed by atoms with van der Waals surface area (Å²) in [6, 6.07) is 14.8. The minimum atomic E-state index is -0.389. The summed E-state index contributed by atoms with van der Waals surface area (Å²) in [5, 5.41) is 7.55. The van der Waals surface area contributed by atoms with Gasteiger partial charge in [0, 0.05) is 4.88 Å². The van der Waals surface area contributed by atoms with Gasteiger partial charge in [-0.1, -0.05) is 52.0 Å². The van der Waals surface area contributed by atoms with E-state index in [2.05, 4.69) is 38.3 Å². The molecule has 0 saturated carbocycles. The lowest BCUT2D eigenvalue weighted by atomic mass is 9.87. The molecule has 1 amide bonds. The van der Waals surface area contributed by atoms with E-state index in [0.717, 1.165) is 35.4 Å². The smallest absolute Gasteiger partial charge is 0.343 e. The largest absolute Gasteiger partial charge is 0.423 e. The molecule has 5 nitrogen and oxygen atoms in total. The van der Waals surface area contributed by atoms with Crippen LogP contribution in [0.25, 0.3) is 0 Å². The van der Waals surface area contributed by atoms with Crippen molar-refractivity contribution in [1.29, 1.82) is 0 Å². The highest BCUT2D eigenvalue weighted by atomic mass is 32.1. The van der Waals surface area contributed by atoms with E-state index in [9.17, 15) is 9.59 Å². The fraction of sp³-hybridized carbons (Fsp3) is 0.357. The summed E-state index contributed by atoms with van der Waals surface area (Å²) in [4.78, 5) is 26.8. The Balaban J connectivity index is 1.27. The van der Waals surface area contributed by atoms with Crippen molar-refractivity contribution in [1.82, 2.24) is 5.32 Å². The first-order valence-corrected chi connectivity index (χ1v) is 12.7. The van der Waals surface area contributed by atoms with Crippen LogP contribution in [-0.4, -0.2) is 11.9 Å². The lowest BCUT2D eigenvalue weighted by Crippen LogP contribution is -2.38. The van der Waals surface area contributed by atoms with Crippen LogP contribution in [0, 0.1) is 5.92 Å². The molecule has 2 N–H and O–H groups in total. The van der Waals surface area contributed by atoms with E-state index in [4.69, 9.17) is 4.74 Å². The number of rotatable bonds is 3. The van der Waals surface area contributed by atoms with E-state index < -0.39 is 0 Å². The molecule has 2 atom stereocenters. The van der Waals surface area contributed by atoms with Gasteiger partial charge < -0.3 is 15.4 Å². The minimum Gasteiger partial charge on any atom is -0.423 e. The van der Waals surface area contributed by atoms with E-state index in [0.29, 0.717) is 17.2 Å². The van der Waals surface area contributed by atoms with Gasteiger partial charge in [0.1, 0.15) is 16.9 Å². The molecule has 1 aliphatic heterocycles. The van der Waals surface area contributed by atoms with Gasteiger partial charge >= 0.3 is 5.97 Å². The number of carbonyl (C=O) groups is 2. The van der Waals surface area contributed by atoms with Crippen molar-refractivity contribution in [3.63, 3.8) is 0 Å². The van der Waals surface area contributed by atoms with Crippen LogP contribution < -0.4 is 15.4 Å². The van der Waals surface area contributed by atoms with Crippen LogP contribution >= 0.6 is 11.3 Å². The summed E-state index contributed by atoms with van der Waals surface area (Å²) >= 11 is 1.71. The van der Waals surface area contributed by atoms with Crippen molar-refractivity contribution in [3.8, 4) is 5.75 Å². The van der Waals surface area contributed by atoms with Crippen LogP contribution in [0.4, 0.5) is 5.00 Å². The average molecular weight is 475 g/mol. The van der Waals surface area contributed by atoms with Crippen LogP contribution in [0.15, 0.2) is 48.5 Å². The monoisotopic (exact) mass is 474 g/mol. The molecule has 6 heteroatoms. The Morgan fingerprint density at radius 2 is 1.74 bits per heavy atom. The van der Waals surface area contributed by atoms with E-state index in [1.807, 2.05) is 24.3 Å². The van der Waals surface area contributed by atoms with Crippen LogP contribution in [0.1, 0.15) is 82.6 Å². The Labute approximate surface area is 204 Å². The summed E-state index contributed by atoms with van der Waals surface area (Å²) in [5.74, 6) is 0.732. The molecule has 0 unspecified atom stereocenters. The molecule has 176 valence electrons. The van der Waals surface area contributed by atoms with Crippen molar-refractivity contribution in [2.24, 2.45) is 5.92 Å². The van der Waals surface area contributed by atoms with Crippen LogP contribution in [0.5, 0.6) is 5.75 Å². The second-order valence-corrected chi connectivity index (χ2v) is 11.5. The molecule has 3 aromatic rings. The summed E-state index contributed by atoms with van der Waals surface area (Å²) in [6.45, 7) is 8.69. The summed E-state index contributed by atoms with van der Waals surface area (Å²) in [5.41, 5.74) is 4.67. The quantitative estimate of drug-likeness (QED) is 0.348. The maximum Gasteiger partial charge on any atom is 0.343 e. The minimum absolute atomic E-state index is 0.0139. The Bertz CT molecular complexity index is 1240. The van der Waals surface area contributed by atoms with Gasteiger partial charge in [-0.25, -0.2) is 4.79 Å². The zero-order valence-corrected chi connectivity index (χ0v) is 20.8. The van der Waals surface area contributed by atoms with E-state index in [1.165, 1.54) is 16.0 Å². The van der Waals surface area contributed by atoms with Gasteiger partial charge in [0.05, 0.1) is 11.1 Å². The number of hydrogen-bond donors (Lipinski definition) is 2. The lowest BCUT2D eigenvalue weighted by molar-refractivity contribution is 0.0734. The molecule has 2 aliphatic rings. The van der Waals surface area contributed by atoms with Gasteiger partial charge in [-0.05, 0) is 71.6 Å². The van der Waals surface area contributed by atoms with Gasteiger partial charge in [-0.2, -0.15) is 0 Å². The third kappa shape index (κ3) is 4.34. The van der Waals surface area contributed by atoms with Crippen LogP contribution in [0.3, 0.4) is 0 Å². The second-order valence-electron chi connectivity index (χ2n) is 10.4. The molecule has 0 saturated heterocycles. The number of nitrogens with one attached hydrogen (secondary N) is 2. The third-order valence-corrected chi connectivity index (χ3v) is 7.89. The first-order chi connectivity index (χ1) is 16.2. The SMILES string of the molecule is C[C@H]1CCc2c(sc3c2C(=O)N[C@@H](c2ccc(OC(=O)c4ccc(C(C)(C)C)cc4)cc2)N3)C1. The highest BCUT2D eigenvalue weighted by molar-refractivity contribution is 7.16. The van der Waals surface area contributed by atoms with Gasteiger partial charge in [0.25, 0.3) is 5.91 Å². The topological polar surface area (TPSA) is 67.4 Å². The number of amides is 1. The zero-order chi connectivity index (χ0) is 24.0. The fourth-order valence-corrected chi connectivity index (χ4v) is 6.07. The lowest BCUT2D eigenvalue weighted by Gasteiger charge is -2.27. The van der Waals surface area contributed by atoms with Crippen molar-refractivity contribution in [3.05, 3.63) is 81.2 Å². The van der Waals surface area contributed by atoms with Gasteiger partial charge in [0.15, 0.2) is 0 Å². The van der Waals surface area contributed by atoms with E-state index in [1.54, 1.807) is 35.6 Å². The first-order valence-electron chi connectivity index (χ1n) is 11.8. The van der Waals surface area contributed by atoms with Gasteiger partial charge in [0.2, 0.25) is 0 Å². The van der Waals surface area contributed by atoms with Crippen molar-refractivity contribution < 1.29 is 14.3 Å². The molecule has 5 rings (SSSR count). The van der Waals surface area contributed by atoms with Crippen LogP contribution in [0.2, 0.25) is 0 Å². The van der Waals surface area contributed by atoms with Crippen molar-refractivity contribution in [2.75, 3.05) is 5.32 Å². The number of hydrogen-bond acceptors (Lipinski definition) is 5. The molecule has 2 aromatic carbocycles. The highest BCUT2D eigenvalue weighted by Gasteiger charge is 2.33. The van der Waals surface area contributed by atoms with Crippen molar-refractivity contribution in [2.45, 2.75) is 58.5 Å². The Kier molecular flexibility index (Phi) is 5.72. The predicted molar refractivity (Wildman–Crippen MR) is 136 cm³/mol. The molecule has 0 radical (unpaired) electrons. The molecule has 1 aromatic heterocycles. The molecular formula is C28H30N2O3S. The maximum absolute atomic E-state index is 12.9. The molecule has 1 aliphatic carbocycles. The molecule has 0 bridgehead atoms. The summed E-state index contributed by atoms with van der Waals surface area (Å²) in [6.07, 6.45) is 2.84. The molecule has 2 heterocycles. The average Bonchev–Trinajstić information content (AvgIpc) is 3.17. The normalized spacial score (nSPS) is 19.5. The number of ether oxygens (including phenoxy) is 1. The molecule has 0 spiro atoms. The fourth-order valence-electron chi connectivity index (χ4n) is 4.63. The molecule has 0 fully saturated rings. The standard InChI is InChI=1S/C28H30N2O3S/c1-16-5-14-21-22(15-16)34-26-23(21)25(31)29-24(30-26)17-8-12-20(13-9-17)33-27(32)18-6-10-19(11-7-18)28(2,3)4/h6-13,16,24,30H,5,14-15H2,1-4H3,(H,29,31)/t16-,24+/m0/s1. The second kappa shape index (κ2) is 8.58. The van der Waals surface area contributed by atoms with E-state index >= 15 is 0 Å². The van der Waals surface area contributed by atoms with Crippen LogP contribution in [-0.2, 0) is 18.3 Å². The Morgan fingerprint density at radius 1 is 1.03 bits per heavy atom. The van der Waals surface area contributed by atoms with Crippen molar-refractivity contribution >= 4 is 28.2 Å². The first kappa shape index (κ1) is 22.7. The number of thiophene rings is 1. The number of esters is 1. The number of carbonyl (C=O) groups excluding carboxylic acids is 2. The highest BCUT2D eigenvalue weighted by Crippen LogP contribution is 2.42.